The molecule has 0 saturated heterocycles. The average molecular weight is 313 g/mol. The number of aromatic nitrogens is 4. The molecule has 0 spiro atoms. The van der Waals surface area contributed by atoms with Gasteiger partial charge >= 0.3 is 0 Å². The van der Waals surface area contributed by atoms with E-state index in [1.54, 1.807) is 4.57 Å². The molecule has 3 rings (SSSR count). The molecule has 0 atom stereocenters. The molecule has 0 saturated carbocycles. The first kappa shape index (κ1) is 14.9. The molecule has 1 aromatic carbocycles. The first-order valence-corrected chi connectivity index (χ1v) is 6.96. The number of amides is 1. The summed E-state index contributed by atoms with van der Waals surface area (Å²) in [5.74, 6) is 0.492. The number of nitrogens with one attached hydrogen (secondary N) is 1. The molecule has 0 unspecified atom stereocenters. The lowest BCUT2D eigenvalue weighted by Crippen LogP contribution is -2.32. The van der Waals surface area contributed by atoms with Crippen LogP contribution in [0.4, 0.5) is 5.82 Å². The van der Waals surface area contributed by atoms with Gasteiger partial charge in [-0.15, -0.1) is 0 Å². The average Bonchev–Trinajstić information content (AvgIpc) is 3.17. The predicted molar refractivity (Wildman–Crippen MR) is 84.3 cm³/mol. The Morgan fingerprint density at radius 3 is 3.00 bits per heavy atom. The van der Waals surface area contributed by atoms with Crippen molar-refractivity contribution in [3.8, 4) is 11.5 Å². The fourth-order valence-corrected chi connectivity index (χ4v) is 2.26. The molecule has 0 aliphatic heterocycles. The summed E-state index contributed by atoms with van der Waals surface area (Å²) in [7, 11) is 0. The number of nitrogens with two attached hydrogens (primary N) is 1. The fourth-order valence-electron chi connectivity index (χ4n) is 2.26. The molecule has 9 heteroatoms. The number of carbonyl (C=O) groups excluding carboxylic acids is 1. The summed E-state index contributed by atoms with van der Waals surface area (Å²) < 4.78 is 6.44. The number of hydrogen-bond donors (Lipinski definition) is 2. The monoisotopic (exact) mass is 313 g/mol. The van der Waals surface area contributed by atoms with E-state index in [-0.39, 0.29) is 18.3 Å². The van der Waals surface area contributed by atoms with E-state index in [9.17, 15) is 4.79 Å². The van der Waals surface area contributed by atoms with Crippen LogP contribution in [0.15, 0.2) is 33.9 Å². The lowest BCUT2D eigenvalue weighted by Gasteiger charge is -2.08. The molecule has 3 N–H and O–H groups in total. The molecule has 0 fully saturated rings. The minimum absolute atomic E-state index is 0.0687. The van der Waals surface area contributed by atoms with Gasteiger partial charge in [-0.3, -0.25) is 4.79 Å². The first-order chi connectivity index (χ1) is 11.2. The third kappa shape index (κ3) is 2.81. The third-order valence-corrected chi connectivity index (χ3v) is 3.26. The molecular formula is C14H15N7O2. The largest absolute Gasteiger partial charge is 0.353 e. The van der Waals surface area contributed by atoms with Crippen LogP contribution in [0, 0.1) is 0 Å². The van der Waals surface area contributed by atoms with Crippen molar-refractivity contribution >= 4 is 29.5 Å². The van der Waals surface area contributed by atoms with E-state index in [0.29, 0.717) is 24.6 Å². The number of fused-ring (bicyclic) bond motifs is 1. The van der Waals surface area contributed by atoms with Crippen LogP contribution < -0.4 is 11.1 Å². The zero-order chi connectivity index (χ0) is 16.2. The Bertz CT molecular complexity index is 852. The second kappa shape index (κ2) is 6.36. The maximum Gasteiger partial charge on any atom is 0.240 e. The van der Waals surface area contributed by atoms with Gasteiger partial charge in [0.1, 0.15) is 6.54 Å². The van der Waals surface area contributed by atoms with Gasteiger partial charge in [0, 0.05) is 13.1 Å². The standard InChI is InChI=1S/C14H15N7O2/c1-16-13-12(19-23-20-13)14-18-9-4-2-3-5-10(9)21(14)8-11(22)17-7-6-15/h2-5H,1,6-8,15H2,(H,17,22). The normalized spacial score (nSPS) is 10.8. The minimum Gasteiger partial charge on any atom is -0.353 e. The Balaban J connectivity index is 2.08. The zero-order valence-corrected chi connectivity index (χ0v) is 12.3. The Morgan fingerprint density at radius 2 is 2.22 bits per heavy atom. The molecule has 23 heavy (non-hydrogen) atoms. The third-order valence-electron chi connectivity index (χ3n) is 3.26. The van der Waals surface area contributed by atoms with Gasteiger partial charge in [0.2, 0.25) is 11.7 Å². The van der Waals surface area contributed by atoms with Gasteiger partial charge in [-0.05, 0) is 29.2 Å². The number of para-hydroxylation sites is 2. The minimum atomic E-state index is -0.176. The van der Waals surface area contributed by atoms with Crippen molar-refractivity contribution < 1.29 is 9.42 Å². The number of imidazole rings is 1. The van der Waals surface area contributed by atoms with Crippen molar-refractivity contribution in [1.29, 1.82) is 0 Å². The molecule has 1 amide bonds. The molecule has 3 aromatic rings. The van der Waals surface area contributed by atoms with Crippen molar-refractivity contribution in [1.82, 2.24) is 25.2 Å². The smallest absolute Gasteiger partial charge is 0.240 e. The van der Waals surface area contributed by atoms with Crippen LogP contribution in [0.25, 0.3) is 22.6 Å². The summed E-state index contributed by atoms with van der Waals surface area (Å²) in [6, 6.07) is 7.46. The van der Waals surface area contributed by atoms with Crippen molar-refractivity contribution in [3.63, 3.8) is 0 Å². The second-order valence-electron chi connectivity index (χ2n) is 4.74. The maximum atomic E-state index is 12.1. The van der Waals surface area contributed by atoms with Gasteiger partial charge < -0.3 is 15.6 Å². The highest BCUT2D eigenvalue weighted by Gasteiger charge is 2.21. The van der Waals surface area contributed by atoms with Gasteiger partial charge in [-0.2, -0.15) is 0 Å². The van der Waals surface area contributed by atoms with E-state index in [4.69, 9.17) is 10.4 Å². The molecule has 0 bridgehead atoms. The van der Waals surface area contributed by atoms with E-state index >= 15 is 0 Å². The number of hydrogen-bond acceptors (Lipinski definition) is 7. The van der Waals surface area contributed by atoms with Crippen LogP contribution in [0.1, 0.15) is 0 Å². The SMILES string of the molecule is C=Nc1nonc1-c1nc2ccccc2n1CC(=O)NCCN. The maximum absolute atomic E-state index is 12.1. The Kier molecular flexibility index (Phi) is 4.11. The Hall–Kier alpha value is -3.07. The number of carbonyl (C=O) groups is 1. The van der Waals surface area contributed by atoms with Crippen molar-refractivity contribution in [2.24, 2.45) is 10.7 Å². The van der Waals surface area contributed by atoms with E-state index in [0.717, 1.165) is 11.0 Å². The van der Waals surface area contributed by atoms with Crippen LogP contribution in [-0.4, -0.2) is 45.6 Å². The first-order valence-electron chi connectivity index (χ1n) is 6.96. The van der Waals surface area contributed by atoms with Gasteiger partial charge in [-0.25, -0.2) is 14.6 Å². The molecular weight excluding hydrogens is 298 g/mol. The van der Waals surface area contributed by atoms with Gasteiger partial charge in [-0.1, -0.05) is 12.1 Å². The zero-order valence-electron chi connectivity index (χ0n) is 12.3. The Labute approximate surface area is 131 Å². The summed E-state index contributed by atoms with van der Waals surface area (Å²) in [6.07, 6.45) is 0. The molecule has 118 valence electrons. The Morgan fingerprint density at radius 1 is 1.39 bits per heavy atom. The molecule has 2 aromatic heterocycles. The van der Waals surface area contributed by atoms with Crippen molar-refractivity contribution in [2.45, 2.75) is 6.54 Å². The van der Waals surface area contributed by atoms with Crippen LogP contribution in [0.2, 0.25) is 0 Å². The predicted octanol–water partition coefficient (Wildman–Crippen LogP) is 0.493. The van der Waals surface area contributed by atoms with Gasteiger partial charge in [0.15, 0.2) is 11.5 Å². The number of rotatable bonds is 6. The highest BCUT2D eigenvalue weighted by Crippen LogP contribution is 2.28. The van der Waals surface area contributed by atoms with Crippen molar-refractivity contribution in [2.75, 3.05) is 13.1 Å². The topological polar surface area (TPSA) is 124 Å². The molecule has 0 aliphatic carbocycles. The lowest BCUT2D eigenvalue weighted by atomic mass is 10.3. The van der Waals surface area contributed by atoms with E-state index in [1.807, 2.05) is 24.3 Å². The van der Waals surface area contributed by atoms with E-state index < -0.39 is 0 Å². The van der Waals surface area contributed by atoms with Crippen LogP contribution in [0.3, 0.4) is 0 Å². The van der Waals surface area contributed by atoms with E-state index in [1.165, 1.54) is 0 Å². The summed E-state index contributed by atoms with van der Waals surface area (Å²) in [4.78, 5) is 20.3. The summed E-state index contributed by atoms with van der Waals surface area (Å²) in [5, 5.41) is 10.2. The number of nitrogens with zero attached hydrogens (tertiary/aromatic N) is 5. The highest BCUT2D eigenvalue weighted by molar-refractivity contribution is 5.85. The summed E-state index contributed by atoms with van der Waals surface area (Å²) in [6.45, 7) is 4.28. The van der Waals surface area contributed by atoms with Crippen LogP contribution in [0.5, 0.6) is 0 Å². The highest BCUT2D eigenvalue weighted by atomic mass is 16.6. The lowest BCUT2D eigenvalue weighted by molar-refractivity contribution is -0.121. The van der Waals surface area contributed by atoms with Gasteiger partial charge in [0.05, 0.1) is 11.0 Å². The fraction of sp³-hybridized carbons (Fsp3) is 0.214. The number of aliphatic imine (C=N–C) groups is 1. The van der Waals surface area contributed by atoms with Crippen molar-refractivity contribution in [3.05, 3.63) is 24.3 Å². The molecule has 0 aliphatic rings. The molecule has 2 heterocycles. The van der Waals surface area contributed by atoms with Gasteiger partial charge in [0.25, 0.3) is 0 Å². The van der Waals surface area contributed by atoms with Crippen LogP contribution >= 0.6 is 0 Å². The second-order valence-corrected chi connectivity index (χ2v) is 4.74. The summed E-state index contributed by atoms with van der Waals surface area (Å²) >= 11 is 0. The summed E-state index contributed by atoms with van der Waals surface area (Å²) in [5.41, 5.74) is 7.26. The van der Waals surface area contributed by atoms with Crippen LogP contribution in [-0.2, 0) is 11.3 Å². The quantitative estimate of drug-likeness (QED) is 0.638. The molecule has 9 nitrogen and oxygen atoms in total. The number of benzene rings is 1. The van der Waals surface area contributed by atoms with E-state index in [2.05, 4.69) is 32.3 Å². The molecule has 0 radical (unpaired) electrons.